The minimum atomic E-state index is -1.36. The van der Waals surface area contributed by atoms with Gasteiger partial charge in [-0.05, 0) is 26.1 Å². The van der Waals surface area contributed by atoms with Crippen LogP contribution in [0.2, 0.25) is 0 Å². The van der Waals surface area contributed by atoms with Crippen LogP contribution in [0.4, 0.5) is 14.5 Å². The molecule has 0 amide bonds. The maximum atomic E-state index is 15.2. The molecule has 1 aliphatic heterocycles. The summed E-state index contributed by atoms with van der Waals surface area (Å²) in [7, 11) is 1.79. The smallest absolute Gasteiger partial charge is 0.341 e. The molecule has 146 valence electrons. The summed E-state index contributed by atoms with van der Waals surface area (Å²) in [6, 6.07) is 2.61. The van der Waals surface area contributed by atoms with Crippen LogP contribution in [0.5, 0.6) is 0 Å². The van der Waals surface area contributed by atoms with E-state index in [4.69, 9.17) is 0 Å². The van der Waals surface area contributed by atoms with Gasteiger partial charge in [-0.3, -0.25) is 4.79 Å². The van der Waals surface area contributed by atoms with Gasteiger partial charge < -0.3 is 19.9 Å². The largest absolute Gasteiger partial charge is 0.477 e. The Balaban J connectivity index is 1.99. The number of halogens is 2. The number of carboxylic acid groups (broad SMARTS) is 1. The Labute approximate surface area is 158 Å². The third-order valence-corrected chi connectivity index (χ3v) is 5.18. The van der Waals surface area contributed by atoms with Crippen molar-refractivity contribution in [1.29, 1.82) is 0 Å². The molecule has 1 aromatic carbocycles. The van der Waals surface area contributed by atoms with E-state index in [1.807, 2.05) is 0 Å². The van der Waals surface area contributed by atoms with E-state index in [-0.39, 0.29) is 33.7 Å². The van der Waals surface area contributed by atoms with Crippen LogP contribution in [0, 0.1) is 11.6 Å². The molecule has 2 N–H and O–H groups in total. The Kier molecular flexibility index (Phi) is 4.26. The van der Waals surface area contributed by atoms with Gasteiger partial charge in [0.15, 0.2) is 5.82 Å². The van der Waals surface area contributed by atoms with Crippen LogP contribution in [0.1, 0.15) is 17.3 Å². The zero-order valence-electron chi connectivity index (χ0n) is 15.3. The Morgan fingerprint density at radius 1 is 1.36 bits per heavy atom. The van der Waals surface area contributed by atoms with E-state index < -0.39 is 28.6 Å². The standard InChI is InChI=1S/C19H18F2N4O3/c1-3-24-8-12(19(27)28)17(26)11-4-9-5-13(20)16(25-6-10(7-25)22-2)14(21)15(9)23-18(11)24/h4-5,8,10,22H,3,6-7H2,1-2H3,(H,27,28). The molecule has 0 radical (unpaired) electrons. The molecule has 3 heterocycles. The summed E-state index contributed by atoms with van der Waals surface area (Å²) in [5.41, 5.74) is -1.17. The van der Waals surface area contributed by atoms with Gasteiger partial charge >= 0.3 is 5.97 Å². The molecule has 9 heteroatoms. The Morgan fingerprint density at radius 2 is 2.07 bits per heavy atom. The molecule has 28 heavy (non-hydrogen) atoms. The Bertz CT molecular complexity index is 1190. The molecular formula is C19H18F2N4O3. The highest BCUT2D eigenvalue weighted by molar-refractivity contribution is 5.97. The number of anilines is 1. The number of aryl methyl sites for hydroxylation is 1. The Morgan fingerprint density at radius 3 is 2.68 bits per heavy atom. The molecule has 0 atom stereocenters. The summed E-state index contributed by atoms with van der Waals surface area (Å²) in [5.74, 6) is -2.89. The second-order valence-corrected chi connectivity index (χ2v) is 6.81. The number of carboxylic acids is 1. The summed E-state index contributed by atoms with van der Waals surface area (Å²) in [4.78, 5) is 29.7. The number of aromatic nitrogens is 2. The zero-order chi connectivity index (χ0) is 20.2. The minimum Gasteiger partial charge on any atom is -0.477 e. The van der Waals surface area contributed by atoms with E-state index in [2.05, 4.69) is 10.3 Å². The number of hydrogen-bond donors (Lipinski definition) is 2. The molecule has 0 spiro atoms. The summed E-state index contributed by atoms with van der Waals surface area (Å²) in [6.07, 6.45) is 1.20. The molecule has 1 saturated heterocycles. The first-order valence-corrected chi connectivity index (χ1v) is 8.87. The molecule has 1 aliphatic rings. The zero-order valence-corrected chi connectivity index (χ0v) is 15.3. The lowest BCUT2D eigenvalue weighted by Gasteiger charge is -2.41. The van der Waals surface area contributed by atoms with Crippen molar-refractivity contribution in [2.24, 2.45) is 0 Å². The second kappa shape index (κ2) is 6.52. The first-order valence-electron chi connectivity index (χ1n) is 8.87. The first kappa shape index (κ1) is 18.3. The van der Waals surface area contributed by atoms with Crippen molar-refractivity contribution >= 4 is 33.6 Å². The average Bonchev–Trinajstić information content (AvgIpc) is 2.62. The summed E-state index contributed by atoms with van der Waals surface area (Å²) >= 11 is 0. The van der Waals surface area contributed by atoms with Crippen LogP contribution in [-0.4, -0.2) is 46.8 Å². The van der Waals surface area contributed by atoms with Crippen molar-refractivity contribution < 1.29 is 18.7 Å². The number of carbonyl (C=O) groups is 1. The summed E-state index contributed by atoms with van der Waals surface area (Å²) < 4.78 is 31.3. The predicted octanol–water partition coefficient (Wildman–Crippen LogP) is 1.95. The van der Waals surface area contributed by atoms with Crippen molar-refractivity contribution in [3.05, 3.63) is 45.8 Å². The number of hydrogen-bond acceptors (Lipinski definition) is 5. The molecule has 7 nitrogen and oxygen atoms in total. The van der Waals surface area contributed by atoms with Gasteiger partial charge in [-0.25, -0.2) is 18.6 Å². The number of aromatic carboxylic acids is 1. The highest BCUT2D eigenvalue weighted by Crippen LogP contribution is 2.33. The van der Waals surface area contributed by atoms with Crippen LogP contribution in [0.15, 0.2) is 23.1 Å². The van der Waals surface area contributed by atoms with E-state index in [0.29, 0.717) is 19.6 Å². The van der Waals surface area contributed by atoms with Gasteiger partial charge in [-0.1, -0.05) is 0 Å². The lowest BCUT2D eigenvalue weighted by molar-refractivity contribution is 0.0695. The van der Waals surface area contributed by atoms with Gasteiger partial charge in [-0.15, -0.1) is 0 Å². The van der Waals surface area contributed by atoms with Gasteiger partial charge in [0, 0.05) is 37.3 Å². The molecule has 1 fully saturated rings. The number of rotatable bonds is 4. The Hall–Kier alpha value is -3.07. The molecule has 0 unspecified atom stereocenters. The highest BCUT2D eigenvalue weighted by Gasteiger charge is 2.31. The van der Waals surface area contributed by atoms with E-state index in [1.54, 1.807) is 18.9 Å². The van der Waals surface area contributed by atoms with Crippen LogP contribution < -0.4 is 15.6 Å². The first-order chi connectivity index (χ1) is 13.3. The highest BCUT2D eigenvalue weighted by atomic mass is 19.1. The van der Waals surface area contributed by atoms with Crippen molar-refractivity contribution in [3.63, 3.8) is 0 Å². The van der Waals surface area contributed by atoms with Gasteiger partial charge in [0.1, 0.15) is 28.2 Å². The average molecular weight is 388 g/mol. The SMILES string of the molecule is CCn1cc(C(=O)O)c(=O)c2cc3cc(F)c(N4CC(NC)C4)c(F)c3nc21. The van der Waals surface area contributed by atoms with E-state index in [0.717, 1.165) is 6.07 Å². The number of nitrogens with zero attached hydrogens (tertiary/aromatic N) is 3. The third kappa shape index (κ3) is 2.62. The molecule has 0 bridgehead atoms. The van der Waals surface area contributed by atoms with Crippen LogP contribution >= 0.6 is 0 Å². The van der Waals surface area contributed by atoms with E-state index in [1.165, 1.54) is 16.8 Å². The monoisotopic (exact) mass is 388 g/mol. The minimum absolute atomic E-state index is 0.0139. The molecular weight excluding hydrogens is 370 g/mol. The maximum Gasteiger partial charge on any atom is 0.341 e. The number of nitrogens with one attached hydrogen (secondary N) is 1. The third-order valence-electron chi connectivity index (χ3n) is 5.18. The fraction of sp³-hybridized carbons (Fsp3) is 0.316. The topological polar surface area (TPSA) is 87.5 Å². The molecule has 2 aromatic heterocycles. The van der Waals surface area contributed by atoms with Crippen LogP contribution in [0.25, 0.3) is 21.9 Å². The van der Waals surface area contributed by atoms with Gasteiger partial charge in [0.05, 0.1) is 5.39 Å². The van der Waals surface area contributed by atoms with Gasteiger partial charge in [-0.2, -0.15) is 0 Å². The van der Waals surface area contributed by atoms with E-state index >= 15 is 4.39 Å². The number of fused-ring (bicyclic) bond motifs is 2. The van der Waals surface area contributed by atoms with Crippen LogP contribution in [0.3, 0.4) is 0 Å². The summed E-state index contributed by atoms with van der Waals surface area (Å²) in [6.45, 7) is 3.04. The van der Waals surface area contributed by atoms with Crippen molar-refractivity contribution in [3.8, 4) is 0 Å². The number of benzene rings is 1. The fourth-order valence-corrected chi connectivity index (χ4v) is 3.56. The van der Waals surface area contributed by atoms with Gasteiger partial charge in [0.25, 0.3) is 0 Å². The molecule has 0 saturated carbocycles. The molecule has 3 aromatic rings. The van der Waals surface area contributed by atoms with Crippen LogP contribution in [-0.2, 0) is 6.54 Å². The maximum absolute atomic E-state index is 15.2. The number of likely N-dealkylation sites (N-methyl/N-ethyl adjacent to an activating group) is 1. The second-order valence-electron chi connectivity index (χ2n) is 6.81. The van der Waals surface area contributed by atoms with Crippen molar-refractivity contribution in [2.75, 3.05) is 25.0 Å². The predicted molar refractivity (Wildman–Crippen MR) is 101 cm³/mol. The lowest BCUT2D eigenvalue weighted by atomic mass is 10.0. The number of pyridine rings is 2. The fourth-order valence-electron chi connectivity index (χ4n) is 3.56. The molecule has 4 rings (SSSR count). The van der Waals surface area contributed by atoms with Crippen molar-refractivity contribution in [1.82, 2.24) is 14.9 Å². The quantitative estimate of drug-likeness (QED) is 0.665. The van der Waals surface area contributed by atoms with Gasteiger partial charge in [0.2, 0.25) is 5.43 Å². The summed E-state index contributed by atoms with van der Waals surface area (Å²) in [5, 5.41) is 12.4. The van der Waals surface area contributed by atoms with E-state index in [9.17, 15) is 19.1 Å². The molecule has 0 aliphatic carbocycles. The lowest BCUT2D eigenvalue weighted by Crippen LogP contribution is -2.57. The normalized spacial score (nSPS) is 14.6. The van der Waals surface area contributed by atoms with Crippen molar-refractivity contribution in [2.45, 2.75) is 19.5 Å².